The molecule has 0 heterocycles. The van der Waals surface area contributed by atoms with Crippen molar-refractivity contribution < 1.29 is 19.1 Å². The van der Waals surface area contributed by atoms with E-state index < -0.39 is 12.1 Å². The van der Waals surface area contributed by atoms with Gasteiger partial charge in [-0.3, -0.25) is 9.59 Å². The largest absolute Gasteiger partial charge is 0.445 e. The summed E-state index contributed by atoms with van der Waals surface area (Å²) >= 11 is 0. The summed E-state index contributed by atoms with van der Waals surface area (Å²) in [5.74, 6) is -1.22. The van der Waals surface area contributed by atoms with Crippen molar-refractivity contribution in [3.05, 3.63) is 101 Å². The van der Waals surface area contributed by atoms with Crippen LogP contribution in [0.4, 0.5) is 5.69 Å². The van der Waals surface area contributed by atoms with Crippen LogP contribution in [0.5, 0.6) is 0 Å². The van der Waals surface area contributed by atoms with Crippen LogP contribution in [-0.2, 0) is 9.53 Å². The number of nitrogens with one attached hydrogen (secondary N) is 1. The SMILES string of the molecule is CCC(=O)Nc1ccccc1C(=O)OC(C(=O)c1ccc(C)cc1)c1ccccc1. The van der Waals surface area contributed by atoms with E-state index in [0.29, 0.717) is 16.8 Å². The summed E-state index contributed by atoms with van der Waals surface area (Å²) < 4.78 is 5.69. The smallest absolute Gasteiger partial charge is 0.341 e. The third-order valence-electron chi connectivity index (χ3n) is 4.64. The van der Waals surface area contributed by atoms with Gasteiger partial charge in [-0.2, -0.15) is 0 Å². The van der Waals surface area contributed by atoms with E-state index in [0.717, 1.165) is 5.56 Å². The minimum atomic E-state index is -1.10. The van der Waals surface area contributed by atoms with Gasteiger partial charge in [0.2, 0.25) is 11.7 Å². The molecule has 30 heavy (non-hydrogen) atoms. The fourth-order valence-corrected chi connectivity index (χ4v) is 2.95. The van der Waals surface area contributed by atoms with Gasteiger partial charge < -0.3 is 10.1 Å². The molecule has 1 unspecified atom stereocenters. The predicted molar refractivity (Wildman–Crippen MR) is 115 cm³/mol. The highest BCUT2D eigenvalue weighted by molar-refractivity contribution is 6.04. The molecule has 0 aliphatic carbocycles. The van der Waals surface area contributed by atoms with Gasteiger partial charge in [0, 0.05) is 17.5 Å². The molecule has 0 bridgehead atoms. The number of ether oxygens (including phenoxy) is 1. The zero-order valence-corrected chi connectivity index (χ0v) is 16.9. The van der Waals surface area contributed by atoms with Crippen molar-refractivity contribution in [3.63, 3.8) is 0 Å². The van der Waals surface area contributed by atoms with Crippen LogP contribution < -0.4 is 5.32 Å². The second kappa shape index (κ2) is 9.65. The molecule has 5 nitrogen and oxygen atoms in total. The number of carbonyl (C=O) groups is 3. The molecule has 0 aromatic heterocycles. The highest BCUT2D eigenvalue weighted by Gasteiger charge is 2.27. The van der Waals surface area contributed by atoms with Crippen molar-refractivity contribution in [3.8, 4) is 0 Å². The lowest BCUT2D eigenvalue weighted by Gasteiger charge is -2.19. The Labute approximate surface area is 175 Å². The Bertz CT molecular complexity index is 1040. The average molecular weight is 401 g/mol. The van der Waals surface area contributed by atoms with Gasteiger partial charge >= 0.3 is 5.97 Å². The fourth-order valence-electron chi connectivity index (χ4n) is 2.95. The second-order valence-electron chi connectivity index (χ2n) is 6.87. The van der Waals surface area contributed by atoms with Crippen LogP contribution in [0, 0.1) is 6.92 Å². The van der Waals surface area contributed by atoms with Crippen LogP contribution in [0.1, 0.15) is 51.3 Å². The lowest BCUT2D eigenvalue weighted by molar-refractivity contribution is -0.115. The number of para-hydroxylation sites is 1. The Hall–Kier alpha value is -3.73. The van der Waals surface area contributed by atoms with Gasteiger partial charge in [-0.05, 0) is 19.1 Å². The van der Waals surface area contributed by atoms with Gasteiger partial charge in [-0.15, -0.1) is 0 Å². The molecule has 0 aliphatic rings. The minimum absolute atomic E-state index is 0.192. The van der Waals surface area contributed by atoms with Gasteiger partial charge in [0.1, 0.15) is 0 Å². The molecule has 3 aromatic rings. The van der Waals surface area contributed by atoms with Crippen LogP contribution >= 0.6 is 0 Å². The summed E-state index contributed by atoms with van der Waals surface area (Å²) in [7, 11) is 0. The van der Waals surface area contributed by atoms with E-state index in [1.807, 2.05) is 25.1 Å². The van der Waals surface area contributed by atoms with Crippen molar-refractivity contribution in [1.29, 1.82) is 0 Å². The Morgan fingerprint density at radius 3 is 2.17 bits per heavy atom. The number of hydrogen-bond donors (Lipinski definition) is 1. The summed E-state index contributed by atoms with van der Waals surface area (Å²) in [4.78, 5) is 38.0. The summed E-state index contributed by atoms with van der Waals surface area (Å²) in [6, 6.07) is 22.6. The topological polar surface area (TPSA) is 72.5 Å². The normalized spacial score (nSPS) is 11.4. The number of hydrogen-bond acceptors (Lipinski definition) is 4. The van der Waals surface area contributed by atoms with Gasteiger partial charge in [0.05, 0.1) is 11.3 Å². The van der Waals surface area contributed by atoms with E-state index in [1.165, 1.54) is 0 Å². The number of aryl methyl sites for hydroxylation is 1. The molecule has 0 saturated heterocycles. The first-order chi connectivity index (χ1) is 14.5. The molecular formula is C25H23NO4. The number of Topliss-reactive ketones (excluding diaryl/α,β-unsaturated/α-hetero) is 1. The predicted octanol–water partition coefficient (Wildman–Crippen LogP) is 5.12. The first-order valence-corrected chi connectivity index (χ1v) is 9.75. The Morgan fingerprint density at radius 2 is 1.50 bits per heavy atom. The molecule has 0 fully saturated rings. The average Bonchev–Trinajstić information content (AvgIpc) is 2.78. The molecule has 3 rings (SSSR count). The van der Waals surface area contributed by atoms with Crippen LogP contribution in [0.3, 0.4) is 0 Å². The van der Waals surface area contributed by atoms with Crippen molar-refractivity contribution in [2.75, 3.05) is 5.32 Å². The van der Waals surface area contributed by atoms with Crippen molar-refractivity contribution >= 4 is 23.3 Å². The molecule has 0 aliphatic heterocycles. The number of amides is 1. The molecule has 0 radical (unpaired) electrons. The van der Waals surface area contributed by atoms with Crippen LogP contribution in [-0.4, -0.2) is 17.7 Å². The van der Waals surface area contributed by atoms with E-state index in [4.69, 9.17) is 4.74 Å². The first kappa shape index (κ1) is 21.0. The molecule has 0 saturated carbocycles. The van der Waals surface area contributed by atoms with Crippen LogP contribution in [0.15, 0.2) is 78.9 Å². The van der Waals surface area contributed by atoms with Crippen LogP contribution in [0.25, 0.3) is 0 Å². The van der Waals surface area contributed by atoms with E-state index in [1.54, 1.807) is 67.6 Å². The maximum absolute atomic E-state index is 13.2. The number of esters is 1. The lowest BCUT2D eigenvalue weighted by Crippen LogP contribution is -2.21. The van der Waals surface area contributed by atoms with Gasteiger partial charge in [0.25, 0.3) is 0 Å². The fraction of sp³-hybridized carbons (Fsp3) is 0.160. The maximum atomic E-state index is 13.2. The highest BCUT2D eigenvalue weighted by Crippen LogP contribution is 2.26. The third kappa shape index (κ3) is 5.00. The minimum Gasteiger partial charge on any atom is -0.445 e. The molecule has 152 valence electrons. The zero-order chi connectivity index (χ0) is 21.5. The van der Waals surface area contributed by atoms with Crippen molar-refractivity contribution in [1.82, 2.24) is 0 Å². The molecule has 5 heteroatoms. The van der Waals surface area contributed by atoms with E-state index >= 15 is 0 Å². The number of carbonyl (C=O) groups excluding carboxylic acids is 3. The Morgan fingerprint density at radius 1 is 0.867 bits per heavy atom. The quantitative estimate of drug-likeness (QED) is 0.440. The van der Waals surface area contributed by atoms with E-state index in [-0.39, 0.29) is 23.7 Å². The van der Waals surface area contributed by atoms with E-state index in [2.05, 4.69) is 5.32 Å². The summed E-state index contributed by atoms with van der Waals surface area (Å²) in [6.45, 7) is 3.66. The standard InChI is InChI=1S/C25H23NO4/c1-3-22(27)26-21-12-8-7-11-20(21)25(29)30-24(19-9-5-4-6-10-19)23(28)18-15-13-17(2)14-16-18/h4-16,24H,3H2,1-2H3,(H,26,27). The van der Waals surface area contributed by atoms with Gasteiger partial charge in [-0.25, -0.2) is 4.79 Å². The number of ketones is 1. The third-order valence-corrected chi connectivity index (χ3v) is 4.64. The molecular weight excluding hydrogens is 378 g/mol. The maximum Gasteiger partial charge on any atom is 0.341 e. The molecule has 0 spiro atoms. The number of benzene rings is 3. The Kier molecular flexibility index (Phi) is 6.75. The van der Waals surface area contributed by atoms with Crippen molar-refractivity contribution in [2.24, 2.45) is 0 Å². The van der Waals surface area contributed by atoms with E-state index in [9.17, 15) is 14.4 Å². The first-order valence-electron chi connectivity index (χ1n) is 9.75. The van der Waals surface area contributed by atoms with Gasteiger partial charge in [-0.1, -0.05) is 79.2 Å². The Balaban J connectivity index is 1.92. The van der Waals surface area contributed by atoms with Crippen molar-refractivity contribution in [2.45, 2.75) is 26.4 Å². The lowest BCUT2D eigenvalue weighted by atomic mass is 9.99. The zero-order valence-electron chi connectivity index (χ0n) is 16.9. The summed E-state index contributed by atoms with van der Waals surface area (Å²) in [5.41, 5.74) is 2.60. The summed E-state index contributed by atoms with van der Waals surface area (Å²) in [6.07, 6.45) is -0.821. The number of anilines is 1. The highest BCUT2D eigenvalue weighted by atomic mass is 16.5. The molecule has 1 atom stereocenters. The molecule has 3 aromatic carbocycles. The number of rotatable bonds is 7. The second-order valence-corrected chi connectivity index (χ2v) is 6.87. The van der Waals surface area contributed by atoms with Gasteiger partial charge in [0.15, 0.2) is 6.10 Å². The van der Waals surface area contributed by atoms with Crippen LogP contribution in [0.2, 0.25) is 0 Å². The summed E-state index contributed by atoms with van der Waals surface area (Å²) in [5, 5.41) is 2.70. The molecule has 1 N–H and O–H groups in total. The molecule has 1 amide bonds. The monoisotopic (exact) mass is 401 g/mol.